The number of amides is 1. The van der Waals surface area contributed by atoms with Gasteiger partial charge in [0.2, 0.25) is 23.0 Å². The van der Waals surface area contributed by atoms with E-state index in [0.29, 0.717) is 16.3 Å². The van der Waals surface area contributed by atoms with Crippen LogP contribution in [-0.2, 0) is 16.8 Å². The Morgan fingerprint density at radius 2 is 2.12 bits per heavy atom. The zero-order valence-corrected chi connectivity index (χ0v) is 13.8. The molecule has 2 aliphatic heterocycles. The predicted octanol–water partition coefficient (Wildman–Crippen LogP) is 1.11. The molecule has 130 valence electrons. The number of rotatable bonds is 1. The Morgan fingerprint density at radius 1 is 1.35 bits per heavy atom. The summed E-state index contributed by atoms with van der Waals surface area (Å²) in [6, 6.07) is 7.53. The van der Waals surface area contributed by atoms with E-state index in [1.807, 2.05) is 6.07 Å². The Kier molecular flexibility index (Phi) is 3.34. The third-order valence-corrected chi connectivity index (χ3v) is 4.61. The van der Waals surface area contributed by atoms with Crippen molar-refractivity contribution in [3.05, 3.63) is 68.1 Å². The average Bonchev–Trinajstić information content (AvgIpc) is 2.89. The van der Waals surface area contributed by atoms with Crippen LogP contribution < -0.4 is 21.2 Å². The summed E-state index contributed by atoms with van der Waals surface area (Å²) in [7, 11) is 0. The average molecular weight is 372 g/mol. The number of nitriles is 1. The van der Waals surface area contributed by atoms with E-state index in [4.69, 9.17) is 26.5 Å². The molecule has 1 aromatic heterocycles. The van der Waals surface area contributed by atoms with Gasteiger partial charge in [0.1, 0.15) is 24.0 Å². The van der Waals surface area contributed by atoms with Crippen LogP contribution in [0, 0.1) is 11.3 Å². The summed E-state index contributed by atoms with van der Waals surface area (Å²) in [4.78, 5) is 25.4. The molecule has 1 amide bonds. The van der Waals surface area contributed by atoms with Crippen LogP contribution in [-0.4, -0.2) is 11.0 Å². The number of ether oxygens (including phenoxy) is 1. The van der Waals surface area contributed by atoms with Crippen molar-refractivity contribution in [1.29, 1.82) is 5.26 Å². The minimum absolute atomic E-state index is 0.0854. The summed E-state index contributed by atoms with van der Waals surface area (Å²) in [6.07, 6.45) is 0. The molecule has 4 N–H and O–H groups in total. The van der Waals surface area contributed by atoms with E-state index in [1.54, 1.807) is 12.1 Å². The van der Waals surface area contributed by atoms with Gasteiger partial charge in [-0.2, -0.15) is 5.26 Å². The molecular weight excluding hydrogens is 362 g/mol. The van der Waals surface area contributed by atoms with Gasteiger partial charge in [0.25, 0.3) is 0 Å². The third kappa shape index (κ3) is 1.87. The zero-order chi connectivity index (χ0) is 18.6. The van der Waals surface area contributed by atoms with Gasteiger partial charge in [0.15, 0.2) is 11.2 Å². The molecule has 0 radical (unpaired) electrons. The highest BCUT2D eigenvalue weighted by Crippen LogP contribution is 2.53. The summed E-state index contributed by atoms with van der Waals surface area (Å²) < 4.78 is 10.9. The Balaban J connectivity index is 2.20. The molecule has 26 heavy (non-hydrogen) atoms. The van der Waals surface area contributed by atoms with Gasteiger partial charge in [0, 0.05) is 22.3 Å². The monoisotopic (exact) mass is 371 g/mol. The lowest BCUT2D eigenvalue weighted by molar-refractivity contribution is -0.119. The molecule has 0 saturated carbocycles. The van der Waals surface area contributed by atoms with E-state index < -0.39 is 23.4 Å². The van der Waals surface area contributed by atoms with Gasteiger partial charge >= 0.3 is 0 Å². The highest BCUT2D eigenvalue weighted by Gasteiger charge is 2.59. The number of hydrogen-bond acceptors (Lipinski definition) is 7. The number of nitrogens with zero attached hydrogens (tertiary/aromatic N) is 1. The minimum Gasteiger partial charge on any atom is -0.457 e. The Morgan fingerprint density at radius 3 is 2.81 bits per heavy atom. The van der Waals surface area contributed by atoms with Crippen LogP contribution in [0.2, 0.25) is 5.02 Å². The second kappa shape index (κ2) is 5.36. The molecule has 0 unspecified atom stereocenters. The van der Waals surface area contributed by atoms with Crippen LogP contribution in [0.3, 0.4) is 0 Å². The summed E-state index contributed by atoms with van der Waals surface area (Å²) >= 11 is 6.08. The first-order valence-electron chi connectivity index (χ1n) is 7.41. The van der Waals surface area contributed by atoms with Crippen molar-refractivity contribution < 1.29 is 19.1 Å². The highest BCUT2D eigenvalue weighted by molar-refractivity contribution is 6.31. The lowest BCUT2D eigenvalue weighted by atomic mass is 9.72. The molecule has 0 fully saturated rings. The number of hydrogen-bond donors (Lipinski definition) is 3. The number of carbonyl (C=O) groups excluding carboxylic acids is 1. The molecule has 2 aromatic rings. The quantitative estimate of drug-likeness (QED) is 0.682. The zero-order valence-electron chi connectivity index (χ0n) is 13.0. The summed E-state index contributed by atoms with van der Waals surface area (Å²) in [6.45, 7) is -0.580. The Bertz CT molecular complexity index is 1110. The van der Waals surface area contributed by atoms with Gasteiger partial charge in [-0.1, -0.05) is 11.6 Å². The fourth-order valence-electron chi connectivity index (χ4n) is 3.30. The number of aliphatic hydroxyl groups is 1. The topological polar surface area (TPSA) is 139 Å². The van der Waals surface area contributed by atoms with Gasteiger partial charge in [-0.3, -0.25) is 9.59 Å². The van der Waals surface area contributed by atoms with Crippen molar-refractivity contribution in [3.63, 3.8) is 0 Å². The fourth-order valence-corrected chi connectivity index (χ4v) is 3.47. The number of carbonyl (C=O) groups is 1. The predicted molar refractivity (Wildman–Crippen MR) is 89.2 cm³/mol. The molecule has 2 aliphatic rings. The SMILES string of the molecule is N#CC1=C(N)Oc2c(oc(CO)cc2=O)[C@]12C(=O)Nc1ccc(Cl)cc12. The van der Waals surface area contributed by atoms with E-state index >= 15 is 0 Å². The third-order valence-electron chi connectivity index (χ3n) is 4.37. The lowest BCUT2D eigenvalue weighted by Gasteiger charge is -2.31. The highest BCUT2D eigenvalue weighted by atomic mass is 35.5. The standard InChI is InChI=1S/C17H10ClN3O5/c18-7-1-2-11-9(3-7)17(16(24)21-11)10(5-19)15(20)26-13-12(23)4-8(6-22)25-14(13)17/h1-4,22H,6,20H2,(H,21,24)/t17-/m1/s1. The Labute approximate surface area is 151 Å². The number of fused-ring (bicyclic) bond motifs is 4. The lowest BCUT2D eigenvalue weighted by Crippen LogP contribution is -2.43. The fraction of sp³-hybridized carbons (Fsp3) is 0.118. The first kappa shape index (κ1) is 16.2. The molecule has 4 rings (SSSR count). The minimum atomic E-state index is -1.84. The van der Waals surface area contributed by atoms with Crippen molar-refractivity contribution >= 4 is 23.2 Å². The van der Waals surface area contributed by atoms with Crippen LogP contribution in [0.15, 0.2) is 44.9 Å². The maximum absolute atomic E-state index is 13.0. The Hall–Kier alpha value is -3.28. The van der Waals surface area contributed by atoms with Crippen molar-refractivity contribution in [2.75, 3.05) is 5.32 Å². The number of benzene rings is 1. The van der Waals surface area contributed by atoms with E-state index in [0.717, 1.165) is 6.07 Å². The maximum atomic E-state index is 13.0. The van der Waals surface area contributed by atoms with Gasteiger partial charge < -0.3 is 25.3 Å². The van der Waals surface area contributed by atoms with Gasteiger partial charge in [0.05, 0.1) is 0 Å². The second-order valence-corrected chi connectivity index (χ2v) is 6.18. The molecule has 1 aromatic carbocycles. The van der Waals surface area contributed by atoms with Crippen LogP contribution in [0.5, 0.6) is 5.75 Å². The van der Waals surface area contributed by atoms with Crippen molar-refractivity contribution in [2.24, 2.45) is 5.73 Å². The molecule has 3 heterocycles. The molecule has 8 nitrogen and oxygen atoms in total. The summed E-state index contributed by atoms with van der Waals surface area (Å²) in [5, 5.41) is 22.0. The normalized spacial score (nSPS) is 20.3. The van der Waals surface area contributed by atoms with E-state index in [2.05, 4.69) is 5.32 Å². The molecule has 0 saturated heterocycles. The molecular formula is C17H10ClN3O5. The molecule has 9 heteroatoms. The van der Waals surface area contributed by atoms with Crippen molar-refractivity contribution in [2.45, 2.75) is 12.0 Å². The van der Waals surface area contributed by atoms with E-state index in [-0.39, 0.29) is 28.7 Å². The number of nitrogens with one attached hydrogen (secondary N) is 1. The van der Waals surface area contributed by atoms with Crippen molar-refractivity contribution in [1.82, 2.24) is 0 Å². The molecule has 0 aliphatic carbocycles. The van der Waals surface area contributed by atoms with Gasteiger partial charge in [-0.05, 0) is 18.2 Å². The number of nitrogens with two attached hydrogens (primary N) is 1. The number of anilines is 1. The summed E-state index contributed by atoms with van der Waals surface area (Å²) in [5.74, 6) is -1.65. The smallest absolute Gasteiger partial charge is 0.248 e. The largest absolute Gasteiger partial charge is 0.457 e. The second-order valence-electron chi connectivity index (χ2n) is 5.74. The number of aliphatic hydroxyl groups excluding tert-OH is 1. The first-order chi connectivity index (χ1) is 12.4. The molecule has 1 spiro atoms. The first-order valence-corrected chi connectivity index (χ1v) is 7.79. The van der Waals surface area contributed by atoms with Crippen LogP contribution >= 0.6 is 11.6 Å². The molecule has 0 bridgehead atoms. The van der Waals surface area contributed by atoms with Crippen LogP contribution in [0.25, 0.3) is 0 Å². The molecule has 1 atom stereocenters. The van der Waals surface area contributed by atoms with Gasteiger partial charge in [-0.25, -0.2) is 0 Å². The van der Waals surface area contributed by atoms with Crippen LogP contribution in [0.4, 0.5) is 5.69 Å². The maximum Gasteiger partial charge on any atom is 0.248 e. The summed E-state index contributed by atoms with van der Waals surface area (Å²) in [5.41, 5.74) is 3.83. The number of halogens is 1. The van der Waals surface area contributed by atoms with E-state index in [9.17, 15) is 20.0 Å². The van der Waals surface area contributed by atoms with Crippen molar-refractivity contribution in [3.8, 4) is 11.8 Å². The van der Waals surface area contributed by atoms with Crippen LogP contribution in [0.1, 0.15) is 17.1 Å². The van der Waals surface area contributed by atoms with E-state index in [1.165, 1.54) is 6.07 Å². The van der Waals surface area contributed by atoms with Gasteiger partial charge in [-0.15, -0.1) is 0 Å².